The first-order valence-corrected chi connectivity index (χ1v) is 9.48. The third kappa shape index (κ3) is 3.41. The number of hydrogen-bond acceptors (Lipinski definition) is 5. The predicted octanol–water partition coefficient (Wildman–Crippen LogP) is 1.75. The molecule has 0 bridgehead atoms. The number of carbonyl (C=O) groups is 3. The second-order valence-electron chi connectivity index (χ2n) is 7.28. The number of rotatable bonds is 4. The van der Waals surface area contributed by atoms with Gasteiger partial charge in [0.25, 0.3) is 17.7 Å². The highest BCUT2D eigenvalue weighted by molar-refractivity contribution is 6.22. The van der Waals surface area contributed by atoms with Gasteiger partial charge in [-0.05, 0) is 62.2 Å². The molecule has 144 valence electrons. The minimum absolute atomic E-state index is 0.0510. The molecule has 1 saturated heterocycles. The Hall–Kier alpha value is -3.06. The average molecular weight is 378 g/mol. The van der Waals surface area contributed by atoms with Crippen LogP contribution in [0.3, 0.4) is 0 Å². The Bertz CT molecular complexity index is 929. The largest absolute Gasteiger partial charge is 0.348 e. The number of pyridine rings is 1. The maximum atomic E-state index is 12.8. The van der Waals surface area contributed by atoms with E-state index >= 15 is 0 Å². The van der Waals surface area contributed by atoms with Crippen molar-refractivity contribution in [2.45, 2.75) is 38.4 Å². The summed E-state index contributed by atoms with van der Waals surface area (Å²) < 4.78 is 0. The van der Waals surface area contributed by atoms with Crippen LogP contribution in [-0.2, 0) is 6.54 Å². The van der Waals surface area contributed by atoms with Crippen molar-refractivity contribution in [1.82, 2.24) is 20.5 Å². The highest BCUT2D eigenvalue weighted by atomic mass is 16.2. The van der Waals surface area contributed by atoms with Crippen LogP contribution in [-0.4, -0.2) is 46.2 Å². The van der Waals surface area contributed by atoms with Crippen molar-refractivity contribution in [2.24, 2.45) is 0 Å². The van der Waals surface area contributed by atoms with Gasteiger partial charge < -0.3 is 10.6 Å². The zero-order valence-electron chi connectivity index (χ0n) is 15.6. The third-order valence-corrected chi connectivity index (χ3v) is 5.40. The van der Waals surface area contributed by atoms with Gasteiger partial charge in [0.15, 0.2) is 0 Å². The summed E-state index contributed by atoms with van der Waals surface area (Å²) in [6.07, 6.45) is 5.17. The molecule has 2 aliphatic rings. The molecule has 1 aromatic heterocycles. The molecule has 4 rings (SSSR count). The van der Waals surface area contributed by atoms with Gasteiger partial charge in [-0.25, -0.2) is 0 Å². The zero-order valence-corrected chi connectivity index (χ0v) is 15.6. The highest BCUT2D eigenvalue weighted by Gasteiger charge is 2.36. The van der Waals surface area contributed by atoms with Crippen molar-refractivity contribution in [3.05, 3.63) is 65.0 Å². The fourth-order valence-electron chi connectivity index (χ4n) is 3.74. The van der Waals surface area contributed by atoms with Crippen LogP contribution in [0.5, 0.6) is 0 Å². The second kappa shape index (κ2) is 7.52. The number of hydrogen-bond donors (Lipinski definition) is 2. The molecule has 28 heavy (non-hydrogen) atoms. The maximum absolute atomic E-state index is 12.8. The maximum Gasteiger partial charge on any atom is 0.261 e. The van der Waals surface area contributed by atoms with Gasteiger partial charge in [0.05, 0.1) is 17.7 Å². The Balaban J connectivity index is 1.52. The van der Waals surface area contributed by atoms with E-state index in [1.165, 1.54) is 11.0 Å². The molecule has 2 aromatic rings. The van der Waals surface area contributed by atoms with Gasteiger partial charge in [0.2, 0.25) is 0 Å². The Labute approximate surface area is 163 Å². The normalized spacial score (nSPS) is 21.5. The average Bonchev–Trinajstić information content (AvgIpc) is 2.95. The number of nitrogens with zero attached hydrogens (tertiary/aromatic N) is 2. The number of fused-ring (bicyclic) bond motifs is 1. The van der Waals surface area contributed by atoms with Gasteiger partial charge in [-0.1, -0.05) is 0 Å². The number of imide groups is 1. The molecule has 0 aliphatic carbocycles. The number of piperidine rings is 1. The van der Waals surface area contributed by atoms with E-state index in [2.05, 4.69) is 15.6 Å². The van der Waals surface area contributed by atoms with Crippen molar-refractivity contribution in [1.29, 1.82) is 0 Å². The van der Waals surface area contributed by atoms with Gasteiger partial charge in [-0.15, -0.1) is 0 Å². The molecule has 2 atom stereocenters. The molecule has 0 spiro atoms. The topological polar surface area (TPSA) is 91.4 Å². The zero-order chi connectivity index (χ0) is 19.7. The standard InChI is InChI=1S/C21H22N4O3/c1-13-18(3-2-8-23-13)24-19(26)15-4-5-16-17(11-15)21(28)25(20(16)27)12-14-6-9-22-10-7-14/h4-7,9-11,13,18,23H,2-3,8,12H2,1H3,(H,24,26). The summed E-state index contributed by atoms with van der Waals surface area (Å²) in [6, 6.07) is 8.49. The van der Waals surface area contributed by atoms with Crippen molar-refractivity contribution in [3.8, 4) is 0 Å². The van der Waals surface area contributed by atoms with Crippen molar-refractivity contribution >= 4 is 17.7 Å². The van der Waals surface area contributed by atoms with E-state index in [9.17, 15) is 14.4 Å². The summed E-state index contributed by atoms with van der Waals surface area (Å²) in [4.78, 5) is 43.2. The van der Waals surface area contributed by atoms with Crippen LogP contribution in [0.4, 0.5) is 0 Å². The fourth-order valence-corrected chi connectivity index (χ4v) is 3.74. The lowest BCUT2D eigenvalue weighted by Crippen LogP contribution is -2.51. The monoisotopic (exact) mass is 378 g/mol. The van der Waals surface area contributed by atoms with Crippen molar-refractivity contribution < 1.29 is 14.4 Å². The van der Waals surface area contributed by atoms with Gasteiger partial charge in [0, 0.05) is 30.0 Å². The Morgan fingerprint density at radius 2 is 1.93 bits per heavy atom. The van der Waals surface area contributed by atoms with Crippen molar-refractivity contribution in [3.63, 3.8) is 0 Å². The van der Waals surface area contributed by atoms with Crippen LogP contribution in [0, 0.1) is 0 Å². The van der Waals surface area contributed by atoms with Crippen LogP contribution in [0.1, 0.15) is 56.4 Å². The lowest BCUT2D eigenvalue weighted by molar-refractivity contribution is 0.0642. The molecule has 0 saturated carbocycles. The van der Waals surface area contributed by atoms with E-state index in [-0.39, 0.29) is 41.9 Å². The summed E-state index contributed by atoms with van der Waals surface area (Å²) in [5.41, 5.74) is 1.83. The lowest BCUT2D eigenvalue weighted by atomic mass is 9.99. The summed E-state index contributed by atoms with van der Waals surface area (Å²) in [5, 5.41) is 6.38. The smallest absolute Gasteiger partial charge is 0.261 e. The Morgan fingerprint density at radius 3 is 2.68 bits per heavy atom. The number of amides is 3. The van der Waals surface area contributed by atoms with Crippen LogP contribution in [0.25, 0.3) is 0 Å². The van der Waals surface area contributed by atoms with Crippen LogP contribution < -0.4 is 10.6 Å². The molecule has 7 heteroatoms. The molecule has 2 N–H and O–H groups in total. The second-order valence-corrected chi connectivity index (χ2v) is 7.28. The molecule has 3 heterocycles. The molecule has 2 unspecified atom stereocenters. The Morgan fingerprint density at radius 1 is 1.18 bits per heavy atom. The van der Waals surface area contributed by atoms with Gasteiger partial charge in [0.1, 0.15) is 0 Å². The lowest BCUT2D eigenvalue weighted by Gasteiger charge is -2.30. The number of nitrogens with one attached hydrogen (secondary N) is 2. The Kier molecular flexibility index (Phi) is 4.92. The number of carbonyl (C=O) groups excluding carboxylic acids is 3. The molecule has 1 fully saturated rings. The van der Waals surface area contributed by atoms with E-state index in [4.69, 9.17) is 0 Å². The molecule has 3 amide bonds. The van der Waals surface area contributed by atoms with Crippen molar-refractivity contribution in [2.75, 3.05) is 6.54 Å². The molecule has 7 nitrogen and oxygen atoms in total. The first-order valence-electron chi connectivity index (χ1n) is 9.48. The first-order chi connectivity index (χ1) is 13.5. The van der Waals surface area contributed by atoms with Crippen LogP contribution >= 0.6 is 0 Å². The number of benzene rings is 1. The van der Waals surface area contributed by atoms with E-state index in [1.54, 1.807) is 36.7 Å². The molecular formula is C21H22N4O3. The quantitative estimate of drug-likeness (QED) is 0.791. The van der Waals surface area contributed by atoms with Gasteiger partial charge in [-0.2, -0.15) is 0 Å². The molecule has 0 radical (unpaired) electrons. The van der Waals surface area contributed by atoms with Gasteiger partial charge >= 0.3 is 0 Å². The van der Waals surface area contributed by atoms with Gasteiger partial charge in [-0.3, -0.25) is 24.3 Å². The molecule has 1 aromatic carbocycles. The summed E-state index contributed by atoms with van der Waals surface area (Å²) >= 11 is 0. The van der Waals surface area contributed by atoms with E-state index in [0.717, 1.165) is 24.9 Å². The van der Waals surface area contributed by atoms with E-state index in [1.807, 2.05) is 6.92 Å². The summed E-state index contributed by atoms with van der Waals surface area (Å²) in [7, 11) is 0. The van der Waals surface area contributed by atoms with Crippen LogP contribution in [0.2, 0.25) is 0 Å². The minimum Gasteiger partial charge on any atom is -0.348 e. The molecule has 2 aliphatic heterocycles. The highest BCUT2D eigenvalue weighted by Crippen LogP contribution is 2.25. The molecular weight excluding hydrogens is 356 g/mol. The van der Waals surface area contributed by atoms with Crippen LogP contribution in [0.15, 0.2) is 42.7 Å². The SMILES string of the molecule is CC1NCCCC1NC(=O)c1ccc2c(c1)C(=O)N(Cc1ccncc1)C2=O. The summed E-state index contributed by atoms with van der Waals surface area (Å²) in [6.45, 7) is 3.18. The third-order valence-electron chi connectivity index (χ3n) is 5.40. The van der Waals surface area contributed by atoms with E-state index < -0.39 is 0 Å². The first kappa shape index (κ1) is 18.3. The minimum atomic E-state index is -0.376. The number of aromatic nitrogens is 1. The van der Waals surface area contributed by atoms with E-state index in [0.29, 0.717) is 11.1 Å². The summed E-state index contributed by atoms with van der Waals surface area (Å²) in [5.74, 6) is -0.941. The fraction of sp³-hybridized carbons (Fsp3) is 0.333. The predicted molar refractivity (Wildman–Crippen MR) is 103 cm³/mol.